The maximum absolute atomic E-state index is 10.9. The second-order valence-electron chi connectivity index (χ2n) is 4.45. The molecule has 1 aromatic rings. The Morgan fingerprint density at radius 1 is 1.43 bits per heavy atom. The smallest absolute Gasteiger partial charge is 0.329 e. The highest BCUT2D eigenvalue weighted by atomic mass is 16.6. The molecule has 1 aromatic heterocycles. The fraction of sp³-hybridized carbons (Fsp3) is 0.643. The Bertz CT molecular complexity index is 482. The molecule has 9 heteroatoms. The van der Waals surface area contributed by atoms with Crippen LogP contribution >= 0.6 is 0 Å². The monoisotopic (exact) mass is 328 g/mol. The van der Waals surface area contributed by atoms with Gasteiger partial charge in [0, 0.05) is 20.8 Å². The first kappa shape index (κ1) is 20.7. The van der Waals surface area contributed by atoms with E-state index >= 15 is 0 Å². The van der Waals surface area contributed by atoms with Crippen LogP contribution in [0.3, 0.4) is 0 Å². The Labute approximate surface area is 135 Å². The number of likely N-dealkylation sites (N-methyl/N-ethyl adjacent to an activating group) is 1. The molecule has 0 radical (unpaired) electrons. The molecule has 23 heavy (non-hydrogen) atoms. The van der Waals surface area contributed by atoms with Crippen molar-refractivity contribution in [1.29, 1.82) is 0 Å². The Morgan fingerprint density at radius 2 is 2.09 bits per heavy atom. The molecule has 0 aliphatic carbocycles. The molecule has 0 saturated heterocycles. The average molecular weight is 328 g/mol. The molecule has 0 saturated carbocycles. The molecule has 0 atom stereocenters. The van der Waals surface area contributed by atoms with Crippen molar-refractivity contribution in [3.05, 3.63) is 16.3 Å². The van der Waals surface area contributed by atoms with Crippen LogP contribution in [0.1, 0.15) is 26.7 Å². The SMILES string of the molecule is CCCCOc1ncc([N+](=O)[O-])c(N(C)CC=O)n1.CCOC. The number of aromatic nitrogens is 2. The molecular weight excluding hydrogens is 304 g/mol. The maximum atomic E-state index is 10.9. The number of anilines is 1. The van der Waals surface area contributed by atoms with E-state index in [1.54, 1.807) is 14.2 Å². The molecule has 0 spiro atoms. The summed E-state index contributed by atoms with van der Waals surface area (Å²) < 4.78 is 9.83. The quantitative estimate of drug-likeness (QED) is 0.292. The highest BCUT2D eigenvalue weighted by Crippen LogP contribution is 2.25. The van der Waals surface area contributed by atoms with Crippen molar-refractivity contribution in [1.82, 2.24) is 9.97 Å². The van der Waals surface area contributed by atoms with E-state index < -0.39 is 4.92 Å². The van der Waals surface area contributed by atoms with Crippen molar-refractivity contribution in [3.8, 4) is 6.01 Å². The summed E-state index contributed by atoms with van der Waals surface area (Å²) in [5.74, 6) is 0.0681. The van der Waals surface area contributed by atoms with E-state index in [2.05, 4.69) is 14.7 Å². The predicted octanol–water partition coefficient (Wildman–Crippen LogP) is 1.85. The lowest BCUT2D eigenvalue weighted by Gasteiger charge is -2.15. The van der Waals surface area contributed by atoms with Crippen LogP contribution in [0.15, 0.2) is 6.20 Å². The zero-order valence-corrected chi connectivity index (χ0v) is 14.0. The fourth-order valence-corrected chi connectivity index (χ4v) is 1.34. The number of ether oxygens (including phenoxy) is 2. The van der Waals surface area contributed by atoms with Gasteiger partial charge in [-0.05, 0) is 13.3 Å². The number of aldehydes is 1. The fourth-order valence-electron chi connectivity index (χ4n) is 1.34. The molecule has 0 N–H and O–H groups in total. The molecule has 1 heterocycles. The molecule has 0 amide bonds. The second-order valence-corrected chi connectivity index (χ2v) is 4.45. The van der Waals surface area contributed by atoms with Crippen LogP contribution in [0.5, 0.6) is 6.01 Å². The molecule has 0 aliphatic heterocycles. The number of methoxy groups -OCH3 is 1. The zero-order chi connectivity index (χ0) is 17.7. The van der Waals surface area contributed by atoms with E-state index in [-0.39, 0.29) is 24.1 Å². The summed E-state index contributed by atoms with van der Waals surface area (Å²) in [6, 6.07) is 0.0757. The Morgan fingerprint density at radius 3 is 2.57 bits per heavy atom. The average Bonchev–Trinajstić information content (AvgIpc) is 2.55. The minimum Gasteiger partial charge on any atom is -0.463 e. The summed E-state index contributed by atoms with van der Waals surface area (Å²) in [6.07, 6.45) is 3.54. The number of hydrogen-bond donors (Lipinski definition) is 0. The number of carbonyl (C=O) groups excluding carboxylic acids is 1. The Balaban J connectivity index is 0.00000108. The van der Waals surface area contributed by atoms with E-state index in [9.17, 15) is 14.9 Å². The van der Waals surface area contributed by atoms with Crippen LogP contribution in [0.4, 0.5) is 11.5 Å². The van der Waals surface area contributed by atoms with Gasteiger partial charge >= 0.3 is 11.7 Å². The predicted molar refractivity (Wildman–Crippen MR) is 86.0 cm³/mol. The van der Waals surface area contributed by atoms with Crippen molar-refractivity contribution >= 4 is 17.8 Å². The van der Waals surface area contributed by atoms with E-state index in [4.69, 9.17) is 4.74 Å². The largest absolute Gasteiger partial charge is 0.463 e. The van der Waals surface area contributed by atoms with Crippen molar-refractivity contribution in [2.75, 3.05) is 38.8 Å². The van der Waals surface area contributed by atoms with Gasteiger partial charge in [-0.2, -0.15) is 9.97 Å². The van der Waals surface area contributed by atoms with Crippen molar-refractivity contribution in [2.24, 2.45) is 0 Å². The molecule has 0 aromatic carbocycles. The number of rotatable bonds is 9. The van der Waals surface area contributed by atoms with Gasteiger partial charge in [-0.3, -0.25) is 10.1 Å². The Hall–Kier alpha value is -2.29. The third-order valence-electron chi connectivity index (χ3n) is 2.65. The minimum absolute atomic E-state index is 0.00620. The number of nitro groups is 1. The number of unbranched alkanes of at least 4 members (excludes halogenated alkanes) is 1. The van der Waals surface area contributed by atoms with Gasteiger partial charge in [0.1, 0.15) is 12.5 Å². The summed E-state index contributed by atoms with van der Waals surface area (Å²) in [6.45, 7) is 5.25. The van der Waals surface area contributed by atoms with Crippen LogP contribution in [0, 0.1) is 10.1 Å². The lowest BCUT2D eigenvalue weighted by Crippen LogP contribution is -2.22. The first-order valence-corrected chi connectivity index (χ1v) is 7.29. The van der Waals surface area contributed by atoms with Crippen LogP contribution in [0.2, 0.25) is 0 Å². The van der Waals surface area contributed by atoms with Gasteiger partial charge in [-0.15, -0.1) is 0 Å². The van der Waals surface area contributed by atoms with Gasteiger partial charge in [0.2, 0.25) is 5.82 Å². The Kier molecular flexibility index (Phi) is 11.1. The molecule has 9 nitrogen and oxygen atoms in total. The molecule has 0 bridgehead atoms. The summed E-state index contributed by atoms with van der Waals surface area (Å²) in [7, 11) is 3.22. The first-order chi connectivity index (χ1) is 11.0. The number of carbonyl (C=O) groups is 1. The highest BCUT2D eigenvalue weighted by Gasteiger charge is 2.21. The molecule has 0 unspecified atom stereocenters. The first-order valence-electron chi connectivity index (χ1n) is 7.29. The van der Waals surface area contributed by atoms with Gasteiger partial charge in [-0.1, -0.05) is 13.3 Å². The normalized spacial score (nSPS) is 9.57. The van der Waals surface area contributed by atoms with Crippen LogP contribution in [0.25, 0.3) is 0 Å². The topological polar surface area (TPSA) is 108 Å². The van der Waals surface area contributed by atoms with Crippen molar-refractivity contribution in [2.45, 2.75) is 26.7 Å². The van der Waals surface area contributed by atoms with Crippen LogP contribution in [-0.4, -0.2) is 55.1 Å². The highest BCUT2D eigenvalue weighted by molar-refractivity contribution is 5.64. The van der Waals surface area contributed by atoms with Gasteiger partial charge in [-0.25, -0.2) is 0 Å². The van der Waals surface area contributed by atoms with E-state index in [0.717, 1.165) is 25.6 Å². The molecule has 0 aliphatic rings. The third-order valence-corrected chi connectivity index (χ3v) is 2.65. The third kappa shape index (κ3) is 8.05. The van der Waals surface area contributed by atoms with Gasteiger partial charge in [0.15, 0.2) is 0 Å². The molecule has 1 rings (SSSR count). The second kappa shape index (κ2) is 12.3. The lowest BCUT2D eigenvalue weighted by atomic mass is 10.4. The van der Waals surface area contributed by atoms with Gasteiger partial charge in [0.05, 0.1) is 18.1 Å². The van der Waals surface area contributed by atoms with E-state index in [0.29, 0.717) is 12.9 Å². The zero-order valence-electron chi connectivity index (χ0n) is 14.0. The van der Waals surface area contributed by atoms with Gasteiger partial charge < -0.3 is 19.2 Å². The number of hydrogen-bond acceptors (Lipinski definition) is 8. The van der Waals surface area contributed by atoms with Crippen LogP contribution < -0.4 is 9.64 Å². The summed E-state index contributed by atoms with van der Waals surface area (Å²) >= 11 is 0. The van der Waals surface area contributed by atoms with Gasteiger partial charge in [0.25, 0.3) is 0 Å². The molecule has 130 valence electrons. The lowest BCUT2D eigenvalue weighted by molar-refractivity contribution is -0.384. The molecule has 0 fully saturated rings. The van der Waals surface area contributed by atoms with Crippen LogP contribution in [-0.2, 0) is 9.53 Å². The maximum Gasteiger partial charge on any atom is 0.329 e. The summed E-state index contributed by atoms with van der Waals surface area (Å²) in [4.78, 5) is 29.9. The van der Waals surface area contributed by atoms with Crippen molar-refractivity contribution in [3.63, 3.8) is 0 Å². The van der Waals surface area contributed by atoms with Crippen molar-refractivity contribution < 1.29 is 19.2 Å². The molecular formula is C14H24N4O5. The standard InChI is InChI=1S/C11H16N4O4.C3H8O/c1-3-4-7-19-11-12-8-9(15(17)18)10(13-11)14(2)5-6-16;1-3-4-2/h6,8H,3-5,7H2,1-2H3;3H2,1-2H3. The minimum atomic E-state index is -0.591. The number of nitrogens with zero attached hydrogens (tertiary/aromatic N) is 4. The van der Waals surface area contributed by atoms with E-state index in [1.807, 2.05) is 13.8 Å². The summed E-state index contributed by atoms with van der Waals surface area (Å²) in [5, 5.41) is 10.9. The summed E-state index contributed by atoms with van der Waals surface area (Å²) in [5.41, 5.74) is -0.257. The van der Waals surface area contributed by atoms with E-state index in [1.165, 1.54) is 4.90 Å².